The van der Waals surface area contributed by atoms with Crippen molar-refractivity contribution in [3.63, 3.8) is 0 Å². The maximum atomic E-state index is 12.9. The van der Waals surface area contributed by atoms with Crippen LogP contribution < -0.4 is 14.2 Å². The summed E-state index contributed by atoms with van der Waals surface area (Å²) in [6, 6.07) is 15.3. The van der Waals surface area contributed by atoms with Crippen LogP contribution in [-0.2, 0) is 18.0 Å². The van der Waals surface area contributed by atoms with E-state index in [4.69, 9.17) is 18.9 Å². The number of hydrogen-bond donors (Lipinski definition) is 0. The van der Waals surface area contributed by atoms with E-state index in [-0.39, 0.29) is 12.6 Å². The molecule has 0 atom stereocenters. The number of hydrogen-bond acceptors (Lipinski definition) is 5. The summed E-state index contributed by atoms with van der Waals surface area (Å²) in [6.45, 7) is 2.92. The molecule has 0 saturated carbocycles. The first-order chi connectivity index (χ1) is 15.5. The summed E-state index contributed by atoms with van der Waals surface area (Å²) < 4.78 is 24.9. The summed E-state index contributed by atoms with van der Waals surface area (Å²) in [5.41, 5.74) is 4.14. The monoisotopic (exact) mass is 556 g/mol. The number of rotatable bonds is 4. The molecule has 7 heteroatoms. The van der Waals surface area contributed by atoms with Gasteiger partial charge in [0.25, 0.3) is 0 Å². The van der Waals surface area contributed by atoms with E-state index in [0.717, 1.165) is 36.9 Å². The number of allylic oxidation sites excluding steroid dienone is 1. The molecule has 2 aliphatic heterocycles. The molecule has 0 fully saturated rings. The summed E-state index contributed by atoms with van der Waals surface area (Å²) in [6.07, 6.45) is 1.75. The Kier molecular flexibility index (Phi) is 5.80. The van der Waals surface area contributed by atoms with Crippen LogP contribution in [0.4, 0.5) is 0 Å². The van der Waals surface area contributed by atoms with Gasteiger partial charge in [-0.15, -0.1) is 0 Å². The average molecular weight is 558 g/mol. The molecule has 0 bridgehead atoms. The van der Waals surface area contributed by atoms with Gasteiger partial charge in [-0.1, -0.05) is 50.1 Å². The van der Waals surface area contributed by atoms with Gasteiger partial charge >= 0.3 is 0 Å². The van der Waals surface area contributed by atoms with Gasteiger partial charge in [-0.2, -0.15) is 0 Å². The molecule has 0 N–H and O–H groups in total. The largest absolute Gasteiger partial charge is 0.489 e. The summed E-state index contributed by atoms with van der Waals surface area (Å²) in [5.74, 6) is 2.08. The molecular weight excluding hydrogens is 540 g/mol. The Labute approximate surface area is 202 Å². The number of carbonyl (C=O) groups is 1. The van der Waals surface area contributed by atoms with Crippen LogP contribution in [0.25, 0.3) is 6.08 Å². The Morgan fingerprint density at radius 1 is 1.12 bits per heavy atom. The average Bonchev–Trinajstić information content (AvgIpc) is 3.09. The van der Waals surface area contributed by atoms with E-state index in [9.17, 15) is 4.79 Å². The van der Waals surface area contributed by atoms with Crippen molar-refractivity contribution in [1.82, 2.24) is 0 Å². The summed E-state index contributed by atoms with van der Waals surface area (Å²) in [5, 5.41) is 0. The molecule has 3 aromatic carbocycles. The minimum atomic E-state index is -0.130. The number of fused-ring (bicyclic) bond motifs is 2. The van der Waals surface area contributed by atoms with E-state index in [1.807, 2.05) is 49.4 Å². The van der Waals surface area contributed by atoms with Gasteiger partial charge in [-0.25, -0.2) is 0 Å². The molecule has 3 aromatic rings. The molecule has 0 aliphatic carbocycles. The molecule has 0 saturated heterocycles. The van der Waals surface area contributed by atoms with Crippen molar-refractivity contribution in [2.75, 3.05) is 6.79 Å². The second-order valence-corrected chi connectivity index (χ2v) is 9.30. The van der Waals surface area contributed by atoms with Gasteiger partial charge < -0.3 is 18.9 Å². The fourth-order valence-electron chi connectivity index (χ4n) is 3.82. The zero-order valence-corrected chi connectivity index (χ0v) is 20.3. The minimum Gasteiger partial charge on any atom is -0.489 e. The molecule has 0 unspecified atom stereocenters. The Morgan fingerprint density at radius 3 is 2.81 bits per heavy atom. The number of carbonyl (C=O) groups excluding carboxylic acids is 1. The number of ketones is 1. The van der Waals surface area contributed by atoms with Gasteiger partial charge in [0, 0.05) is 26.1 Å². The third kappa shape index (κ3) is 4.08. The van der Waals surface area contributed by atoms with Gasteiger partial charge in [0.1, 0.15) is 23.9 Å². The van der Waals surface area contributed by atoms with Crippen LogP contribution in [-0.4, -0.2) is 12.6 Å². The first kappa shape index (κ1) is 21.2. The lowest BCUT2D eigenvalue weighted by atomic mass is 10.0. The quantitative estimate of drug-likeness (QED) is 0.339. The SMILES string of the molecule is Cc1cc(OCc2cc(Br)cc3c2OCOC3)cc2c1C(=O)/C(=C/c1ccccc1Br)O2. The highest BCUT2D eigenvalue weighted by Crippen LogP contribution is 2.39. The van der Waals surface area contributed by atoms with Crippen molar-refractivity contribution in [2.24, 2.45) is 0 Å². The van der Waals surface area contributed by atoms with Crippen molar-refractivity contribution in [1.29, 1.82) is 0 Å². The smallest absolute Gasteiger partial charge is 0.232 e. The molecule has 0 aromatic heterocycles. The van der Waals surface area contributed by atoms with Crippen molar-refractivity contribution in [2.45, 2.75) is 20.1 Å². The lowest BCUT2D eigenvalue weighted by Gasteiger charge is -2.21. The van der Waals surface area contributed by atoms with Crippen molar-refractivity contribution >= 4 is 43.7 Å². The van der Waals surface area contributed by atoms with Crippen LogP contribution >= 0.6 is 31.9 Å². The highest BCUT2D eigenvalue weighted by molar-refractivity contribution is 9.10. The molecule has 0 radical (unpaired) electrons. The standard InChI is InChI=1S/C25H18Br2O5/c1-14-6-19(30-12-17-8-18(26)7-16-11-29-13-31-25(16)17)10-21-23(14)24(28)22(32-21)9-15-4-2-3-5-20(15)27/h2-10H,11-13H2,1H3/b22-9-. The second kappa shape index (κ2) is 8.73. The summed E-state index contributed by atoms with van der Waals surface area (Å²) in [4.78, 5) is 12.9. The Morgan fingerprint density at radius 2 is 1.97 bits per heavy atom. The number of Topliss-reactive ketones (excluding diaryl/α,β-unsaturated/α-hetero) is 1. The van der Waals surface area contributed by atoms with Crippen LogP contribution in [0.5, 0.6) is 17.2 Å². The van der Waals surface area contributed by atoms with Gasteiger partial charge in [0.2, 0.25) is 5.78 Å². The Balaban J connectivity index is 1.40. The fraction of sp³-hybridized carbons (Fsp3) is 0.160. The van der Waals surface area contributed by atoms with Crippen molar-refractivity contribution < 1.29 is 23.7 Å². The lowest BCUT2D eigenvalue weighted by Crippen LogP contribution is -2.14. The van der Waals surface area contributed by atoms with E-state index in [2.05, 4.69) is 31.9 Å². The van der Waals surface area contributed by atoms with Crippen LogP contribution in [0.2, 0.25) is 0 Å². The zero-order chi connectivity index (χ0) is 22.2. The molecule has 2 aliphatic rings. The van der Waals surface area contributed by atoms with E-state index in [0.29, 0.717) is 36.0 Å². The highest BCUT2D eigenvalue weighted by atomic mass is 79.9. The maximum absolute atomic E-state index is 12.9. The fourth-order valence-corrected chi connectivity index (χ4v) is 4.77. The van der Waals surface area contributed by atoms with Crippen LogP contribution in [0.1, 0.15) is 32.6 Å². The highest BCUT2D eigenvalue weighted by Gasteiger charge is 2.30. The predicted molar refractivity (Wildman–Crippen MR) is 127 cm³/mol. The molecule has 0 spiro atoms. The number of aryl methyl sites for hydroxylation is 1. The third-order valence-electron chi connectivity index (χ3n) is 5.28. The van der Waals surface area contributed by atoms with Gasteiger partial charge in [-0.05, 0) is 48.4 Å². The first-order valence-electron chi connectivity index (χ1n) is 9.97. The molecule has 0 amide bonds. The Bertz CT molecular complexity index is 1270. The van der Waals surface area contributed by atoms with E-state index in [1.54, 1.807) is 12.1 Å². The second-order valence-electron chi connectivity index (χ2n) is 7.53. The van der Waals surface area contributed by atoms with Gasteiger partial charge in [0.15, 0.2) is 12.6 Å². The van der Waals surface area contributed by atoms with Crippen LogP contribution in [0, 0.1) is 6.92 Å². The number of benzene rings is 3. The van der Waals surface area contributed by atoms with Gasteiger partial charge in [-0.3, -0.25) is 4.79 Å². The topological polar surface area (TPSA) is 54.0 Å². The summed E-state index contributed by atoms with van der Waals surface area (Å²) >= 11 is 7.04. The lowest BCUT2D eigenvalue weighted by molar-refractivity contribution is -0.0176. The third-order valence-corrected chi connectivity index (χ3v) is 6.46. The molecule has 162 valence electrons. The van der Waals surface area contributed by atoms with Gasteiger partial charge in [0.05, 0.1) is 12.2 Å². The molecule has 2 heterocycles. The van der Waals surface area contributed by atoms with Crippen molar-refractivity contribution in [3.05, 3.63) is 91.1 Å². The molecular formula is C25H18Br2O5. The molecule has 5 nitrogen and oxygen atoms in total. The summed E-state index contributed by atoms with van der Waals surface area (Å²) in [7, 11) is 0. The molecule has 32 heavy (non-hydrogen) atoms. The van der Waals surface area contributed by atoms with E-state index >= 15 is 0 Å². The van der Waals surface area contributed by atoms with E-state index in [1.165, 1.54) is 0 Å². The van der Waals surface area contributed by atoms with Crippen LogP contribution in [0.3, 0.4) is 0 Å². The predicted octanol–water partition coefficient (Wildman–Crippen LogP) is 6.58. The zero-order valence-electron chi connectivity index (χ0n) is 17.1. The Hall–Kier alpha value is -2.61. The van der Waals surface area contributed by atoms with E-state index < -0.39 is 0 Å². The number of halogens is 2. The first-order valence-corrected chi connectivity index (χ1v) is 11.6. The van der Waals surface area contributed by atoms with Crippen LogP contribution in [0.15, 0.2) is 63.2 Å². The maximum Gasteiger partial charge on any atom is 0.232 e. The molecule has 5 rings (SSSR count). The normalized spacial score (nSPS) is 15.7. The minimum absolute atomic E-state index is 0.130. The van der Waals surface area contributed by atoms with Crippen molar-refractivity contribution in [3.8, 4) is 17.2 Å². The number of ether oxygens (including phenoxy) is 4.